The number of hydrogen-bond donors (Lipinski definition) is 1. The summed E-state index contributed by atoms with van der Waals surface area (Å²) in [6, 6.07) is 12.7. The summed E-state index contributed by atoms with van der Waals surface area (Å²) in [7, 11) is 0. The summed E-state index contributed by atoms with van der Waals surface area (Å²) in [5, 5.41) is 5.40. The molecule has 2 aromatic rings. The number of carbonyl (C=O) groups excluding carboxylic acids is 1. The van der Waals surface area contributed by atoms with Crippen LogP contribution in [0.1, 0.15) is 27.7 Å². The summed E-state index contributed by atoms with van der Waals surface area (Å²) in [4.78, 5) is 8.35. The zero-order valence-electron chi connectivity index (χ0n) is 13.3. The topological polar surface area (TPSA) is 40.9 Å². The first-order valence-corrected chi connectivity index (χ1v) is 6.30. The third kappa shape index (κ3) is 3.90. The van der Waals surface area contributed by atoms with Crippen molar-refractivity contribution in [3.63, 3.8) is 0 Å². The molecule has 1 N–H and O–H groups in total. The molecule has 0 fully saturated rings. The van der Waals surface area contributed by atoms with Crippen molar-refractivity contribution in [2.45, 2.75) is 26.7 Å². The van der Waals surface area contributed by atoms with Crippen molar-refractivity contribution in [3.8, 4) is 11.1 Å². The van der Waals surface area contributed by atoms with Gasteiger partial charge in [0.1, 0.15) is 0 Å². The first-order valence-electron chi connectivity index (χ1n) is 7.30. The van der Waals surface area contributed by atoms with Crippen molar-refractivity contribution in [1.29, 1.82) is 5.41 Å². The Morgan fingerprint density at radius 2 is 1.37 bits per heavy atom. The van der Waals surface area contributed by atoms with Gasteiger partial charge in [-0.05, 0) is 35.1 Å². The number of benzene rings is 2. The molecule has 0 aromatic heterocycles. The Balaban J connectivity index is 0.000000677. The van der Waals surface area contributed by atoms with Gasteiger partial charge in [-0.2, -0.15) is 0 Å². The van der Waals surface area contributed by atoms with Crippen LogP contribution in [0.4, 0.5) is 0 Å². The highest BCUT2D eigenvalue weighted by molar-refractivity contribution is 5.70. The van der Waals surface area contributed by atoms with Crippen LogP contribution in [0.25, 0.3) is 11.1 Å². The maximum absolute atomic E-state index is 8.35. The molecule has 0 aliphatic carbocycles. The van der Waals surface area contributed by atoms with Crippen LogP contribution < -0.4 is 0 Å². The minimum Gasteiger partial charge on any atom is -0.222 e. The third-order valence-electron chi connectivity index (χ3n) is 2.95. The standard InChI is InChI=1S/C16H18.CHNO/c1-3-13-9-5-7-11-15(13)16-12-8-6-10-14(16)4-2;2-1-3/h5-12H,3-4H2,1-2H3;2H/i5D,6D;. The molecule has 0 heterocycles. The molecule has 0 aliphatic heterocycles. The van der Waals surface area contributed by atoms with E-state index in [1.807, 2.05) is 36.4 Å². The van der Waals surface area contributed by atoms with E-state index in [4.69, 9.17) is 12.9 Å². The zero-order chi connectivity index (χ0) is 15.8. The fraction of sp³-hybridized carbons (Fsp3) is 0.235. The molecule has 0 saturated heterocycles. The predicted octanol–water partition coefficient (Wildman–Crippen LogP) is 4.38. The molecular formula is C17H19NO. The van der Waals surface area contributed by atoms with Crippen LogP contribution in [0, 0.1) is 5.41 Å². The number of isocyanates is 1. The van der Waals surface area contributed by atoms with Crippen LogP contribution in [0.5, 0.6) is 0 Å². The molecule has 2 heteroatoms. The van der Waals surface area contributed by atoms with Crippen LogP contribution in [0.2, 0.25) is 0 Å². The molecule has 0 amide bonds. The molecule has 19 heavy (non-hydrogen) atoms. The fourth-order valence-corrected chi connectivity index (χ4v) is 2.04. The van der Waals surface area contributed by atoms with Crippen LogP contribution >= 0.6 is 0 Å². The number of hydrogen-bond acceptors (Lipinski definition) is 2. The van der Waals surface area contributed by atoms with E-state index in [0.29, 0.717) is 12.1 Å². The summed E-state index contributed by atoms with van der Waals surface area (Å²) >= 11 is 0. The van der Waals surface area contributed by atoms with Gasteiger partial charge >= 0.3 is 0 Å². The lowest BCUT2D eigenvalue weighted by Crippen LogP contribution is -1.91. The van der Waals surface area contributed by atoms with Crippen molar-refractivity contribution in [3.05, 3.63) is 59.6 Å². The molecule has 0 radical (unpaired) electrons. The second-order valence-electron chi connectivity index (χ2n) is 3.98. The van der Waals surface area contributed by atoms with Gasteiger partial charge in [-0.15, -0.1) is 0 Å². The van der Waals surface area contributed by atoms with E-state index in [9.17, 15) is 0 Å². The first-order chi connectivity index (χ1) is 10.1. The average molecular weight is 255 g/mol. The Morgan fingerprint density at radius 1 is 1.00 bits per heavy atom. The number of nitrogens with one attached hydrogen (secondary N) is 1. The van der Waals surface area contributed by atoms with E-state index in [0.717, 1.165) is 18.9 Å². The lowest BCUT2D eigenvalue weighted by molar-refractivity contribution is 0.563. The summed E-state index contributed by atoms with van der Waals surface area (Å²) in [5.41, 5.74) is 4.81. The van der Waals surface area contributed by atoms with Crippen LogP contribution in [0.3, 0.4) is 0 Å². The molecular weight excluding hydrogens is 234 g/mol. The molecule has 2 rings (SSSR count). The molecule has 0 bridgehead atoms. The van der Waals surface area contributed by atoms with Gasteiger partial charge in [-0.3, -0.25) is 0 Å². The Kier molecular flexibility index (Phi) is 5.01. The summed E-state index contributed by atoms with van der Waals surface area (Å²) < 4.78 is 15.4. The highest BCUT2D eigenvalue weighted by Crippen LogP contribution is 2.27. The van der Waals surface area contributed by atoms with Crippen molar-refractivity contribution in [1.82, 2.24) is 0 Å². The van der Waals surface area contributed by atoms with E-state index in [2.05, 4.69) is 13.8 Å². The summed E-state index contributed by atoms with van der Waals surface area (Å²) in [5.74, 6) is 0. The van der Waals surface area contributed by atoms with E-state index in [1.54, 1.807) is 0 Å². The lowest BCUT2D eigenvalue weighted by Gasteiger charge is -2.11. The van der Waals surface area contributed by atoms with Crippen molar-refractivity contribution in [2.75, 3.05) is 0 Å². The monoisotopic (exact) mass is 255 g/mol. The van der Waals surface area contributed by atoms with Crippen molar-refractivity contribution >= 4 is 6.08 Å². The highest BCUT2D eigenvalue weighted by atomic mass is 16.1. The largest absolute Gasteiger partial charge is 0.231 e. The van der Waals surface area contributed by atoms with Gasteiger partial charge in [0.2, 0.25) is 6.08 Å². The lowest BCUT2D eigenvalue weighted by atomic mass is 9.93. The molecule has 0 aliphatic rings. The van der Waals surface area contributed by atoms with E-state index in [1.165, 1.54) is 22.3 Å². The SMILES string of the molecule is N=C=O.[2H]c1ccc(-c2ccc([2H])cc2CC)c(CC)c1. The second-order valence-corrected chi connectivity index (χ2v) is 3.98. The molecule has 98 valence electrons. The van der Waals surface area contributed by atoms with Gasteiger partial charge in [-0.25, -0.2) is 10.2 Å². The Morgan fingerprint density at radius 3 is 1.68 bits per heavy atom. The minimum atomic E-state index is 0.561. The summed E-state index contributed by atoms with van der Waals surface area (Å²) in [6.45, 7) is 4.23. The quantitative estimate of drug-likeness (QED) is 0.641. The minimum absolute atomic E-state index is 0.561. The van der Waals surface area contributed by atoms with E-state index < -0.39 is 0 Å². The Labute approximate surface area is 117 Å². The fourth-order valence-electron chi connectivity index (χ4n) is 2.04. The van der Waals surface area contributed by atoms with Gasteiger partial charge in [0.15, 0.2) is 0 Å². The molecule has 0 spiro atoms. The molecule has 0 unspecified atom stereocenters. The van der Waals surface area contributed by atoms with E-state index >= 15 is 0 Å². The normalized spacial score (nSPS) is 10.6. The Hall–Kier alpha value is -2.18. The number of aryl methyl sites for hydroxylation is 2. The number of rotatable bonds is 3. The van der Waals surface area contributed by atoms with Crippen LogP contribution in [0.15, 0.2) is 48.5 Å². The molecule has 2 aromatic carbocycles. The molecule has 0 saturated carbocycles. The van der Waals surface area contributed by atoms with E-state index in [-0.39, 0.29) is 0 Å². The molecule has 0 atom stereocenters. The average Bonchev–Trinajstić information content (AvgIpc) is 2.48. The van der Waals surface area contributed by atoms with Crippen molar-refractivity contribution < 1.29 is 7.54 Å². The highest BCUT2D eigenvalue weighted by Gasteiger charge is 2.05. The van der Waals surface area contributed by atoms with Gasteiger partial charge in [0.05, 0.1) is 2.74 Å². The van der Waals surface area contributed by atoms with Crippen LogP contribution in [-0.2, 0) is 17.6 Å². The summed E-state index contributed by atoms with van der Waals surface area (Å²) in [6.07, 6.45) is 2.60. The van der Waals surface area contributed by atoms with Gasteiger partial charge in [-0.1, -0.05) is 62.3 Å². The van der Waals surface area contributed by atoms with Gasteiger partial charge < -0.3 is 0 Å². The Bertz CT molecular complexity index is 596. The molecule has 2 nitrogen and oxygen atoms in total. The predicted molar refractivity (Wildman–Crippen MR) is 79.0 cm³/mol. The van der Waals surface area contributed by atoms with Crippen molar-refractivity contribution in [2.24, 2.45) is 0 Å². The van der Waals surface area contributed by atoms with Gasteiger partial charge in [0, 0.05) is 0 Å². The second kappa shape index (κ2) is 8.02. The first kappa shape index (κ1) is 11.9. The van der Waals surface area contributed by atoms with Gasteiger partial charge in [0.25, 0.3) is 0 Å². The van der Waals surface area contributed by atoms with Crippen LogP contribution in [-0.4, -0.2) is 6.08 Å². The maximum atomic E-state index is 8.35. The maximum Gasteiger partial charge on any atom is 0.231 e. The smallest absolute Gasteiger partial charge is 0.222 e. The third-order valence-corrected chi connectivity index (χ3v) is 2.95. The zero-order valence-corrected chi connectivity index (χ0v) is 11.3.